The number of carboxylic acids is 1. The van der Waals surface area contributed by atoms with Gasteiger partial charge >= 0.3 is 5.97 Å². The van der Waals surface area contributed by atoms with E-state index in [-0.39, 0.29) is 5.41 Å². The highest BCUT2D eigenvalue weighted by Crippen LogP contribution is 2.62. The summed E-state index contributed by atoms with van der Waals surface area (Å²) < 4.78 is 0. The molecular weight excluding hydrogens is 260 g/mol. The molecule has 0 saturated heterocycles. The normalized spacial score (nSPS) is 28.4. The van der Waals surface area contributed by atoms with E-state index >= 15 is 0 Å². The zero-order valence-electron chi connectivity index (χ0n) is 12.5. The fraction of sp³-hybridized carbons (Fsp3) is 0.316. The molecule has 0 heterocycles. The second-order valence-corrected chi connectivity index (χ2v) is 6.48. The van der Waals surface area contributed by atoms with Gasteiger partial charge in [-0.15, -0.1) is 0 Å². The van der Waals surface area contributed by atoms with Crippen LogP contribution in [0.4, 0.5) is 0 Å². The molecule has 3 rings (SSSR count). The Labute approximate surface area is 125 Å². The summed E-state index contributed by atoms with van der Waals surface area (Å²) in [7, 11) is 0. The molecule has 2 bridgehead atoms. The van der Waals surface area contributed by atoms with Crippen LogP contribution in [0, 0.1) is 11.3 Å². The van der Waals surface area contributed by atoms with Crippen LogP contribution in [0.15, 0.2) is 59.7 Å². The third-order valence-electron chi connectivity index (χ3n) is 4.84. The Bertz CT molecular complexity index is 679. The lowest BCUT2D eigenvalue weighted by Crippen LogP contribution is -2.14. The fourth-order valence-corrected chi connectivity index (χ4v) is 3.82. The average molecular weight is 280 g/mol. The maximum Gasteiger partial charge on any atom is 0.331 e. The van der Waals surface area contributed by atoms with Crippen molar-refractivity contribution in [1.82, 2.24) is 0 Å². The first-order chi connectivity index (χ1) is 9.92. The van der Waals surface area contributed by atoms with E-state index in [1.54, 1.807) is 6.92 Å². The molecule has 2 atom stereocenters. The number of aliphatic carboxylic acids is 1. The first kappa shape index (κ1) is 13.9. The van der Waals surface area contributed by atoms with Gasteiger partial charge in [-0.05, 0) is 48.0 Å². The molecule has 1 N–H and O–H groups in total. The maximum absolute atomic E-state index is 11.2. The van der Waals surface area contributed by atoms with Crippen molar-refractivity contribution in [2.75, 3.05) is 0 Å². The second kappa shape index (κ2) is 4.73. The van der Waals surface area contributed by atoms with Crippen LogP contribution in [0.3, 0.4) is 0 Å². The van der Waals surface area contributed by atoms with Crippen molar-refractivity contribution < 1.29 is 9.90 Å². The molecule has 2 aliphatic rings. The Balaban J connectivity index is 2.20. The van der Waals surface area contributed by atoms with Gasteiger partial charge < -0.3 is 5.11 Å². The lowest BCUT2D eigenvalue weighted by Gasteiger charge is -2.27. The van der Waals surface area contributed by atoms with Gasteiger partial charge in [0.15, 0.2) is 0 Å². The molecule has 0 aromatic heterocycles. The molecule has 0 spiro atoms. The zero-order valence-corrected chi connectivity index (χ0v) is 12.5. The number of hydrogen-bond donors (Lipinski definition) is 1. The summed E-state index contributed by atoms with van der Waals surface area (Å²) in [6.45, 7) is 8.14. The number of benzene rings is 1. The van der Waals surface area contributed by atoms with Gasteiger partial charge in [0.2, 0.25) is 0 Å². The molecule has 21 heavy (non-hydrogen) atoms. The van der Waals surface area contributed by atoms with Crippen molar-refractivity contribution in [3.05, 3.63) is 65.3 Å². The van der Waals surface area contributed by atoms with E-state index in [0.717, 1.165) is 12.8 Å². The Morgan fingerprint density at radius 1 is 1.38 bits per heavy atom. The first-order valence-electron chi connectivity index (χ1n) is 7.32. The third kappa shape index (κ3) is 2.15. The van der Waals surface area contributed by atoms with Gasteiger partial charge in [0.05, 0.1) is 0 Å². The summed E-state index contributed by atoms with van der Waals surface area (Å²) >= 11 is 0. The summed E-state index contributed by atoms with van der Waals surface area (Å²) in [5.74, 6) is -0.481. The van der Waals surface area contributed by atoms with Crippen LogP contribution >= 0.6 is 0 Å². The number of hydrogen-bond acceptors (Lipinski definition) is 1. The molecule has 1 aromatic carbocycles. The van der Waals surface area contributed by atoms with Gasteiger partial charge in [0.25, 0.3) is 0 Å². The Hall–Kier alpha value is -2.09. The Morgan fingerprint density at radius 3 is 2.67 bits per heavy atom. The van der Waals surface area contributed by atoms with E-state index in [2.05, 4.69) is 25.6 Å². The van der Waals surface area contributed by atoms with E-state index in [1.807, 2.05) is 24.3 Å². The third-order valence-corrected chi connectivity index (χ3v) is 4.84. The molecular formula is C19H20O2. The Morgan fingerprint density at radius 2 is 2.05 bits per heavy atom. The average Bonchev–Trinajstić information content (AvgIpc) is 2.89. The topological polar surface area (TPSA) is 37.3 Å². The number of allylic oxidation sites excluding steroid dienone is 4. The van der Waals surface area contributed by atoms with Gasteiger partial charge in [-0.3, -0.25) is 0 Å². The minimum atomic E-state index is -0.847. The van der Waals surface area contributed by atoms with Crippen molar-refractivity contribution in [2.45, 2.75) is 26.7 Å². The van der Waals surface area contributed by atoms with Crippen LogP contribution in [-0.2, 0) is 4.79 Å². The minimum absolute atomic E-state index is 0.0314. The van der Waals surface area contributed by atoms with Crippen molar-refractivity contribution in [3.8, 4) is 0 Å². The summed E-state index contributed by atoms with van der Waals surface area (Å²) in [6.07, 6.45) is 3.89. The highest BCUT2D eigenvalue weighted by Gasteiger charge is 2.49. The van der Waals surface area contributed by atoms with Crippen LogP contribution < -0.4 is 0 Å². The highest BCUT2D eigenvalue weighted by atomic mass is 16.4. The highest BCUT2D eigenvalue weighted by molar-refractivity contribution is 5.89. The number of fused-ring (bicyclic) bond motifs is 2. The van der Waals surface area contributed by atoms with Gasteiger partial charge in [-0.25, -0.2) is 4.79 Å². The molecule has 1 saturated carbocycles. The lowest BCUT2D eigenvalue weighted by atomic mass is 9.77. The first-order valence-corrected chi connectivity index (χ1v) is 7.32. The molecule has 2 heteroatoms. The smallest absolute Gasteiger partial charge is 0.331 e. The van der Waals surface area contributed by atoms with Crippen LogP contribution in [0.2, 0.25) is 0 Å². The van der Waals surface area contributed by atoms with Gasteiger partial charge in [-0.2, -0.15) is 0 Å². The molecule has 0 radical (unpaired) electrons. The monoisotopic (exact) mass is 280 g/mol. The van der Waals surface area contributed by atoms with Crippen LogP contribution in [0.25, 0.3) is 5.57 Å². The molecule has 2 nitrogen and oxygen atoms in total. The molecule has 2 aliphatic carbocycles. The molecule has 2 unspecified atom stereocenters. The standard InChI is InChI=1S/C19H20O2/c1-12(18(20)21)9-16-17(14-7-5-4-6-8-14)15-11-19(16,3)10-13(15)2/h4-9,15H,2,10-11H2,1,3H3,(H,20,21)/b12-9+. The van der Waals surface area contributed by atoms with Crippen molar-refractivity contribution >= 4 is 11.5 Å². The second-order valence-electron chi connectivity index (χ2n) is 6.48. The number of rotatable bonds is 3. The SMILES string of the molecule is C=C1CC2(C)CC1C(c1ccccc1)=C2/C=C(\C)C(=O)O. The predicted octanol–water partition coefficient (Wildman–Crippen LogP) is 4.46. The quantitative estimate of drug-likeness (QED) is 0.655. The summed E-state index contributed by atoms with van der Waals surface area (Å²) in [4.78, 5) is 11.2. The molecule has 0 aliphatic heterocycles. The van der Waals surface area contributed by atoms with Gasteiger partial charge in [0, 0.05) is 11.5 Å². The van der Waals surface area contributed by atoms with Crippen LogP contribution in [-0.4, -0.2) is 11.1 Å². The molecule has 1 aromatic rings. The molecule has 108 valence electrons. The fourth-order valence-electron chi connectivity index (χ4n) is 3.82. The molecule has 0 amide bonds. The van der Waals surface area contributed by atoms with E-state index < -0.39 is 5.97 Å². The summed E-state index contributed by atoms with van der Waals surface area (Å²) in [5, 5.41) is 9.20. The lowest BCUT2D eigenvalue weighted by molar-refractivity contribution is -0.132. The number of carbonyl (C=O) groups is 1. The van der Waals surface area contributed by atoms with E-state index in [9.17, 15) is 9.90 Å². The van der Waals surface area contributed by atoms with Crippen molar-refractivity contribution in [2.24, 2.45) is 11.3 Å². The van der Waals surface area contributed by atoms with Crippen molar-refractivity contribution in [1.29, 1.82) is 0 Å². The number of carboxylic acid groups (broad SMARTS) is 1. The van der Waals surface area contributed by atoms with E-state index in [1.165, 1.54) is 22.3 Å². The maximum atomic E-state index is 11.2. The van der Waals surface area contributed by atoms with E-state index in [0.29, 0.717) is 11.5 Å². The largest absolute Gasteiger partial charge is 0.478 e. The summed E-state index contributed by atoms with van der Waals surface area (Å²) in [6, 6.07) is 10.3. The Kier molecular flexibility index (Phi) is 3.12. The predicted molar refractivity (Wildman–Crippen MR) is 84.7 cm³/mol. The molecule has 1 fully saturated rings. The minimum Gasteiger partial charge on any atom is -0.478 e. The van der Waals surface area contributed by atoms with E-state index in [4.69, 9.17) is 0 Å². The van der Waals surface area contributed by atoms with Crippen LogP contribution in [0.5, 0.6) is 0 Å². The van der Waals surface area contributed by atoms with Gasteiger partial charge in [0.1, 0.15) is 0 Å². The van der Waals surface area contributed by atoms with Crippen LogP contribution in [0.1, 0.15) is 32.3 Å². The zero-order chi connectivity index (χ0) is 15.2. The summed E-state index contributed by atoms with van der Waals surface area (Å²) in [5.41, 5.74) is 5.36. The van der Waals surface area contributed by atoms with Gasteiger partial charge in [-0.1, -0.05) is 49.4 Å². The van der Waals surface area contributed by atoms with Crippen molar-refractivity contribution in [3.63, 3.8) is 0 Å².